The normalized spacial score (nSPS) is 17.0. The maximum Gasteiger partial charge on any atom is 0.265 e. The monoisotopic (exact) mass is 337 g/mol. The molecule has 2 aromatic carbocycles. The first-order valence-electron chi connectivity index (χ1n) is 8.14. The maximum atomic E-state index is 12.4. The third kappa shape index (κ3) is 4.10. The Morgan fingerprint density at radius 3 is 2.32 bits per heavy atom. The molecule has 2 aromatic rings. The Labute approximate surface area is 145 Å². The van der Waals surface area contributed by atoms with E-state index in [0.29, 0.717) is 18.5 Å². The van der Waals surface area contributed by atoms with Crippen LogP contribution in [-0.2, 0) is 16.0 Å². The minimum Gasteiger partial charge on any atom is -0.287 e. The summed E-state index contributed by atoms with van der Waals surface area (Å²) >= 11 is 0. The predicted molar refractivity (Wildman–Crippen MR) is 92.3 cm³/mol. The molecule has 0 spiro atoms. The Morgan fingerprint density at radius 1 is 1.00 bits per heavy atom. The number of benzene rings is 2. The summed E-state index contributed by atoms with van der Waals surface area (Å²) in [6.07, 6.45) is 0.657. The van der Waals surface area contributed by atoms with Crippen molar-refractivity contribution in [3.63, 3.8) is 0 Å². The third-order valence-corrected chi connectivity index (χ3v) is 4.11. The van der Waals surface area contributed by atoms with Gasteiger partial charge in [0.2, 0.25) is 11.8 Å². The fraction of sp³-hybridized carbons (Fsp3) is 0.211. The number of carbonyl (C=O) groups is 3. The lowest BCUT2D eigenvalue weighted by Crippen LogP contribution is -2.48. The molecule has 0 unspecified atom stereocenters. The number of amides is 3. The standard InChI is InChI=1S/C19H19N3O3/c23-17-13-16(20-21-18(24)15-9-5-2-6-10-15)19(25)22(17)12-11-14-7-3-1-4-8-14/h1-10,16,20H,11-13H2,(H,21,24)/t16-/m1/s1. The van der Waals surface area contributed by atoms with E-state index in [4.69, 9.17) is 0 Å². The van der Waals surface area contributed by atoms with Crippen LogP contribution in [0.5, 0.6) is 0 Å². The molecule has 3 rings (SSSR count). The van der Waals surface area contributed by atoms with Crippen LogP contribution < -0.4 is 10.9 Å². The van der Waals surface area contributed by atoms with Crippen molar-refractivity contribution in [1.82, 2.24) is 15.8 Å². The van der Waals surface area contributed by atoms with Crippen molar-refractivity contribution in [2.45, 2.75) is 18.9 Å². The van der Waals surface area contributed by atoms with Crippen molar-refractivity contribution >= 4 is 17.7 Å². The molecular formula is C19H19N3O3. The highest BCUT2D eigenvalue weighted by Crippen LogP contribution is 2.14. The molecule has 0 bridgehead atoms. The summed E-state index contributed by atoms with van der Waals surface area (Å²) in [6.45, 7) is 0.340. The second-order valence-corrected chi connectivity index (χ2v) is 5.84. The molecule has 3 amide bonds. The SMILES string of the molecule is O=C(NN[C@@H]1CC(=O)N(CCc2ccccc2)C1=O)c1ccccc1. The van der Waals surface area contributed by atoms with Gasteiger partial charge in [0.1, 0.15) is 6.04 Å². The van der Waals surface area contributed by atoms with Gasteiger partial charge in [-0.05, 0) is 24.1 Å². The smallest absolute Gasteiger partial charge is 0.265 e. The number of rotatable bonds is 6. The van der Waals surface area contributed by atoms with Gasteiger partial charge in [-0.25, -0.2) is 5.43 Å². The molecule has 6 nitrogen and oxygen atoms in total. The lowest BCUT2D eigenvalue weighted by molar-refractivity contribution is -0.138. The van der Waals surface area contributed by atoms with E-state index >= 15 is 0 Å². The number of nitrogens with one attached hydrogen (secondary N) is 2. The third-order valence-electron chi connectivity index (χ3n) is 4.11. The number of likely N-dealkylation sites (tertiary alicyclic amines) is 1. The summed E-state index contributed by atoms with van der Waals surface area (Å²) in [4.78, 5) is 37.7. The zero-order valence-corrected chi connectivity index (χ0v) is 13.6. The summed E-state index contributed by atoms with van der Waals surface area (Å²) in [5.41, 5.74) is 6.72. The van der Waals surface area contributed by atoms with Gasteiger partial charge in [0, 0.05) is 12.1 Å². The minimum absolute atomic E-state index is 0.0443. The highest BCUT2D eigenvalue weighted by Gasteiger charge is 2.38. The average Bonchev–Trinajstić information content (AvgIpc) is 2.93. The first kappa shape index (κ1) is 16.9. The van der Waals surface area contributed by atoms with E-state index in [-0.39, 0.29) is 24.1 Å². The fourth-order valence-corrected chi connectivity index (χ4v) is 2.73. The molecule has 6 heteroatoms. The van der Waals surface area contributed by atoms with E-state index in [0.717, 1.165) is 5.56 Å². The van der Waals surface area contributed by atoms with Crippen LogP contribution in [-0.4, -0.2) is 35.2 Å². The van der Waals surface area contributed by atoms with Crippen molar-refractivity contribution in [2.24, 2.45) is 0 Å². The van der Waals surface area contributed by atoms with E-state index in [1.165, 1.54) is 4.90 Å². The van der Waals surface area contributed by atoms with Crippen LogP contribution in [0.3, 0.4) is 0 Å². The molecular weight excluding hydrogens is 318 g/mol. The van der Waals surface area contributed by atoms with Gasteiger partial charge < -0.3 is 0 Å². The molecule has 128 valence electrons. The van der Waals surface area contributed by atoms with Gasteiger partial charge in [0.15, 0.2) is 0 Å². The second-order valence-electron chi connectivity index (χ2n) is 5.84. The second kappa shape index (κ2) is 7.72. The van der Waals surface area contributed by atoms with Crippen molar-refractivity contribution in [3.8, 4) is 0 Å². The number of imide groups is 1. The van der Waals surface area contributed by atoms with E-state index in [2.05, 4.69) is 10.9 Å². The summed E-state index contributed by atoms with van der Waals surface area (Å²) < 4.78 is 0. The zero-order chi connectivity index (χ0) is 17.6. The van der Waals surface area contributed by atoms with Crippen LogP contribution in [0, 0.1) is 0 Å². The molecule has 0 aliphatic carbocycles. The molecule has 0 saturated carbocycles. The van der Waals surface area contributed by atoms with Crippen molar-refractivity contribution in [1.29, 1.82) is 0 Å². The molecule has 1 saturated heterocycles. The number of hydrogen-bond acceptors (Lipinski definition) is 4. The van der Waals surface area contributed by atoms with Gasteiger partial charge >= 0.3 is 0 Å². The molecule has 2 N–H and O–H groups in total. The Kier molecular flexibility index (Phi) is 5.20. The summed E-state index contributed by atoms with van der Waals surface area (Å²) in [7, 11) is 0. The van der Waals surface area contributed by atoms with Gasteiger partial charge in [-0.15, -0.1) is 0 Å². The van der Waals surface area contributed by atoms with E-state index in [1.54, 1.807) is 24.3 Å². The number of carbonyl (C=O) groups excluding carboxylic acids is 3. The van der Waals surface area contributed by atoms with E-state index in [9.17, 15) is 14.4 Å². The van der Waals surface area contributed by atoms with Crippen molar-refractivity contribution < 1.29 is 14.4 Å². The fourth-order valence-electron chi connectivity index (χ4n) is 2.73. The highest BCUT2D eigenvalue weighted by molar-refractivity contribution is 6.05. The topological polar surface area (TPSA) is 78.5 Å². The molecule has 1 heterocycles. The lowest BCUT2D eigenvalue weighted by Gasteiger charge is -2.16. The molecule has 1 atom stereocenters. The van der Waals surface area contributed by atoms with Crippen molar-refractivity contribution in [2.75, 3.05) is 6.54 Å². The average molecular weight is 337 g/mol. The predicted octanol–water partition coefficient (Wildman–Crippen LogP) is 1.29. The lowest BCUT2D eigenvalue weighted by atomic mass is 10.1. The molecule has 25 heavy (non-hydrogen) atoms. The van der Waals surface area contributed by atoms with Crippen LogP contribution in [0.15, 0.2) is 60.7 Å². The molecule has 1 fully saturated rings. The molecule has 0 aromatic heterocycles. The largest absolute Gasteiger partial charge is 0.287 e. The number of hydrazine groups is 1. The van der Waals surface area contributed by atoms with Gasteiger partial charge in [0.05, 0.1) is 6.42 Å². The Morgan fingerprint density at radius 2 is 1.64 bits per heavy atom. The number of nitrogens with zero attached hydrogens (tertiary/aromatic N) is 1. The number of hydrogen-bond donors (Lipinski definition) is 2. The van der Waals surface area contributed by atoms with Gasteiger partial charge in [0.25, 0.3) is 5.91 Å². The van der Waals surface area contributed by atoms with Crippen LogP contribution in [0.25, 0.3) is 0 Å². The summed E-state index contributed by atoms with van der Waals surface area (Å²) in [5, 5.41) is 0. The summed E-state index contributed by atoms with van der Waals surface area (Å²) in [5.74, 6) is -0.884. The van der Waals surface area contributed by atoms with E-state index < -0.39 is 6.04 Å². The van der Waals surface area contributed by atoms with Crippen molar-refractivity contribution in [3.05, 3.63) is 71.8 Å². The molecule has 1 aliphatic heterocycles. The summed E-state index contributed by atoms with van der Waals surface area (Å²) in [6, 6.07) is 17.6. The van der Waals surface area contributed by atoms with Crippen LogP contribution in [0.4, 0.5) is 0 Å². The van der Waals surface area contributed by atoms with E-state index in [1.807, 2.05) is 36.4 Å². The van der Waals surface area contributed by atoms with Gasteiger partial charge in [-0.2, -0.15) is 0 Å². The van der Waals surface area contributed by atoms with Gasteiger partial charge in [-0.3, -0.25) is 24.7 Å². The molecule has 1 aliphatic rings. The van der Waals surface area contributed by atoms with Crippen LogP contribution in [0.2, 0.25) is 0 Å². The quantitative estimate of drug-likeness (QED) is 0.615. The first-order valence-corrected chi connectivity index (χ1v) is 8.14. The van der Waals surface area contributed by atoms with Crippen LogP contribution >= 0.6 is 0 Å². The first-order chi connectivity index (χ1) is 12.1. The van der Waals surface area contributed by atoms with Gasteiger partial charge in [-0.1, -0.05) is 48.5 Å². The zero-order valence-electron chi connectivity index (χ0n) is 13.6. The highest BCUT2D eigenvalue weighted by atomic mass is 16.2. The minimum atomic E-state index is -0.726. The Balaban J connectivity index is 1.53. The maximum absolute atomic E-state index is 12.4. The molecule has 0 radical (unpaired) electrons. The van der Waals surface area contributed by atoms with Crippen LogP contribution in [0.1, 0.15) is 22.3 Å². The Bertz CT molecular complexity index is 762. The Hall–Kier alpha value is -2.99.